The van der Waals surface area contributed by atoms with Gasteiger partial charge in [-0.3, -0.25) is 9.59 Å². The Bertz CT molecular complexity index is 979. The summed E-state index contributed by atoms with van der Waals surface area (Å²) in [5.74, 6) is -0.394. The van der Waals surface area contributed by atoms with E-state index in [1.807, 2.05) is 84.6 Å². The minimum Gasteiger partial charge on any atom is -0.335 e. The van der Waals surface area contributed by atoms with Crippen LogP contribution in [0.3, 0.4) is 0 Å². The van der Waals surface area contributed by atoms with Crippen molar-refractivity contribution in [3.05, 3.63) is 78.4 Å². The molecule has 1 aliphatic heterocycles. The van der Waals surface area contributed by atoms with Crippen LogP contribution >= 0.6 is 0 Å². The average Bonchev–Trinajstić information content (AvgIpc) is 3.10. The van der Waals surface area contributed by atoms with Gasteiger partial charge in [0.1, 0.15) is 0 Å². The fourth-order valence-electron chi connectivity index (χ4n) is 3.76. The van der Waals surface area contributed by atoms with E-state index in [4.69, 9.17) is 0 Å². The van der Waals surface area contributed by atoms with E-state index in [1.165, 1.54) is 0 Å². The van der Waals surface area contributed by atoms with Crippen molar-refractivity contribution in [1.29, 1.82) is 0 Å². The Hall–Kier alpha value is -3.14. The number of nitrogens with zero attached hydrogens (tertiary/aromatic N) is 1. The molecule has 0 spiro atoms. The van der Waals surface area contributed by atoms with Crippen molar-refractivity contribution in [2.24, 2.45) is 5.92 Å². The van der Waals surface area contributed by atoms with Gasteiger partial charge in [-0.2, -0.15) is 0 Å². The summed E-state index contributed by atoms with van der Waals surface area (Å²) in [6, 6.07) is 23.7. The number of hydrogen-bond acceptors (Lipinski definition) is 2. The molecule has 1 fully saturated rings. The van der Waals surface area contributed by atoms with Crippen molar-refractivity contribution < 1.29 is 9.59 Å². The zero-order valence-electron chi connectivity index (χ0n) is 15.3. The highest BCUT2D eigenvalue weighted by Crippen LogP contribution is 2.30. The highest BCUT2D eigenvalue weighted by atomic mass is 16.2. The van der Waals surface area contributed by atoms with Gasteiger partial charge in [-0.25, -0.2) is 0 Å². The number of anilines is 1. The molecule has 0 saturated carbocycles. The molecule has 4 nitrogen and oxygen atoms in total. The Balaban J connectivity index is 1.49. The topological polar surface area (TPSA) is 49.4 Å². The smallest absolute Gasteiger partial charge is 0.229 e. The third-order valence-electron chi connectivity index (χ3n) is 5.33. The molecule has 2 amide bonds. The molecule has 0 bridgehead atoms. The SMILES string of the molecule is C[C@H](c1ccccc1)N1C[C@H](C(=O)Nc2cccc3ccccc23)CC1=O. The lowest BCUT2D eigenvalue weighted by Crippen LogP contribution is -2.30. The van der Waals surface area contributed by atoms with Crippen LogP contribution in [0.1, 0.15) is 24.9 Å². The predicted octanol–water partition coefficient (Wildman–Crippen LogP) is 4.39. The number of hydrogen-bond donors (Lipinski definition) is 1. The normalized spacial score (nSPS) is 17.9. The first-order chi connectivity index (χ1) is 13.1. The molecule has 3 aromatic carbocycles. The second-order valence-electron chi connectivity index (χ2n) is 7.05. The number of amides is 2. The molecule has 3 aromatic rings. The summed E-state index contributed by atoms with van der Waals surface area (Å²) in [5.41, 5.74) is 1.88. The quantitative estimate of drug-likeness (QED) is 0.752. The summed E-state index contributed by atoms with van der Waals surface area (Å²) in [7, 11) is 0. The maximum atomic E-state index is 12.8. The second kappa shape index (κ2) is 7.23. The molecule has 0 aliphatic carbocycles. The number of fused-ring (bicyclic) bond motifs is 1. The van der Waals surface area contributed by atoms with Gasteiger partial charge < -0.3 is 10.2 Å². The van der Waals surface area contributed by atoms with Gasteiger partial charge in [-0.1, -0.05) is 66.7 Å². The third kappa shape index (κ3) is 3.43. The highest BCUT2D eigenvalue weighted by Gasteiger charge is 2.37. The highest BCUT2D eigenvalue weighted by molar-refractivity contribution is 6.04. The summed E-state index contributed by atoms with van der Waals surface area (Å²) in [4.78, 5) is 27.1. The van der Waals surface area contributed by atoms with Crippen LogP contribution in [-0.2, 0) is 9.59 Å². The predicted molar refractivity (Wildman–Crippen MR) is 107 cm³/mol. The van der Waals surface area contributed by atoms with E-state index >= 15 is 0 Å². The summed E-state index contributed by atoms with van der Waals surface area (Å²) in [5, 5.41) is 5.12. The zero-order valence-corrected chi connectivity index (χ0v) is 15.3. The van der Waals surface area contributed by atoms with Gasteiger partial charge in [0, 0.05) is 24.0 Å². The van der Waals surface area contributed by atoms with E-state index in [2.05, 4.69) is 5.32 Å². The molecular formula is C23H22N2O2. The van der Waals surface area contributed by atoms with E-state index < -0.39 is 0 Å². The number of likely N-dealkylation sites (tertiary alicyclic amines) is 1. The first kappa shape index (κ1) is 17.3. The maximum Gasteiger partial charge on any atom is 0.229 e. The van der Waals surface area contributed by atoms with Crippen LogP contribution in [-0.4, -0.2) is 23.3 Å². The molecule has 4 rings (SSSR count). The summed E-state index contributed by atoms with van der Waals surface area (Å²) in [6.07, 6.45) is 0.258. The lowest BCUT2D eigenvalue weighted by molar-refractivity contribution is -0.129. The molecule has 1 aliphatic rings. The lowest BCUT2D eigenvalue weighted by atomic mass is 10.1. The van der Waals surface area contributed by atoms with E-state index in [9.17, 15) is 9.59 Å². The van der Waals surface area contributed by atoms with Crippen LogP contribution in [0.15, 0.2) is 72.8 Å². The summed E-state index contributed by atoms with van der Waals surface area (Å²) >= 11 is 0. The molecule has 1 saturated heterocycles. The van der Waals surface area contributed by atoms with Crippen molar-refractivity contribution in [2.75, 3.05) is 11.9 Å². The Morgan fingerprint density at radius 1 is 1.00 bits per heavy atom. The van der Waals surface area contributed by atoms with Crippen LogP contribution in [0.25, 0.3) is 10.8 Å². The number of nitrogens with one attached hydrogen (secondary N) is 1. The molecule has 136 valence electrons. The van der Waals surface area contributed by atoms with E-state index in [1.54, 1.807) is 0 Å². The summed E-state index contributed by atoms with van der Waals surface area (Å²) in [6.45, 7) is 2.46. The van der Waals surface area contributed by atoms with Crippen LogP contribution in [0.2, 0.25) is 0 Å². The molecule has 0 radical (unpaired) electrons. The fourth-order valence-corrected chi connectivity index (χ4v) is 3.76. The van der Waals surface area contributed by atoms with Crippen LogP contribution in [0.5, 0.6) is 0 Å². The minimum absolute atomic E-state index is 0.0319. The van der Waals surface area contributed by atoms with Gasteiger partial charge in [0.05, 0.1) is 12.0 Å². The largest absolute Gasteiger partial charge is 0.335 e. The minimum atomic E-state index is -0.331. The van der Waals surface area contributed by atoms with Crippen LogP contribution in [0, 0.1) is 5.92 Å². The molecule has 0 aromatic heterocycles. The number of carbonyl (C=O) groups is 2. The van der Waals surface area contributed by atoms with Crippen molar-refractivity contribution in [1.82, 2.24) is 4.90 Å². The van der Waals surface area contributed by atoms with Crippen LogP contribution < -0.4 is 5.32 Å². The Morgan fingerprint density at radius 3 is 2.52 bits per heavy atom. The van der Waals surface area contributed by atoms with Gasteiger partial charge in [0.25, 0.3) is 0 Å². The molecule has 27 heavy (non-hydrogen) atoms. The van der Waals surface area contributed by atoms with Gasteiger partial charge >= 0.3 is 0 Å². The lowest BCUT2D eigenvalue weighted by Gasteiger charge is -2.25. The van der Waals surface area contributed by atoms with E-state index in [-0.39, 0.29) is 30.2 Å². The van der Waals surface area contributed by atoms with Crippen molar-refractivity contribution in [3.63, 3.8) is 0 Å². The van der Waals surface area contributed by atoms with Crippen LogP contribution in [0.4, 0.5) is 5.69 Å². The molecule has 2 atom stereocenters. The first-order valence-electron chi connectivity index (χ1n) is 9.26. The fraction of sp³-hybridized carbons (Fsp3) is 0.217. The number of carbonyl (C=O) groups excluding carboxylic acids is 2. The van der Waals surface area contributed by atoms with Gasteiger partial charge in [-0.05, 0) is 23.9 Å². The maximum absolute atomic E-state index is 12.8. The Morgan fingerprint density at radius 2 is 1.70 bits per heavy atom. The summed E-state index contributed by atoms with van der Waals surface area (Å²) < 4.78 is 0. The molecular weight excluding hydrogens is 336 g/mol. The molecule has 1 heterocycles. The van der Waals surface area contributed by atoms with Crippen molar-refractivity contribution in [3.8, 4) is 0 Å². The number of benzene rings is 3. The van der Waals surface area contributed by atoms with Crippen molar-refractivity contribution >= 4 is 28.3 Å². The van der Waals surface area contributed by atoms with E-state index in [0.29, 0.717) is 6.54 Å². The average molecular weight is 358 g/mol. The first-order valence-corrected chi connectivity index (χ1v) is 9.26. The molecule has 1 N–H and O–H groups in total. The second-order valence-corrected chi connectivity index (χ2v) is 7.05. The molecule has 4 heteroatoms. The van der Waals surface area contributed by atoms with Gasteiger partial charge in [0.2, 0.25) is 11.8 Å². The number of rotatable bonds is 4. The van der Waals surface area contributed by atoms with Gasteiger partial charge in [0.15, 0.2) is 0 Å². The Labute approximate surface area is 158 Å². The standard InChI is InChI=1S/C23H22N2O2/c1-16(17-8-3-2-4-9-17)25-15-19(14-22(25)26)23(27)24-21-13-7-11-18-10-5-6-12-20(18)21/h2-13,16,19H,14-15H2,1H3,(H,24,27)/t16-,19-/m1/s1. The molecule has 0 unspecified atom stereocenters. The Kier molecular flexibility index (Phi) is 4.63. The zero-order chi connectivity index (χ0) is 18.8. The van der Waals surface area contributed by atoms with Crippen molar-refractivity contribution in [2.45, 2.75) is 19.4 Å². The van der Waals surface area contributed by atoms with E-state index in [0.717, 1.165) is 22.0 Å². The third-order valence-corrected chi connectivity index (χ3v) is 5.33. The monoisotopic (exact) mass is 358 g/mol. The van der Waals surface area contributed by atoms with Gasteiger partial charge in [-0.15, -0.1) is 0 Å².